The van der Waals surface area contributed by atoms with Gasteiger partial charge in [-0.3, -0.25) is 10.1 Å². The summed E-state index contributed by atoms with van der Waals surface area (Å²) in [4.78, 5) is 6.06. The molecule has 11 heavy (non-hydrogen) atoms. The molecule has 0 fully saturated rings. The van der Waals surface area contributed by atoms with Gasteiger partial charge in [0.2, 0.25) is 0 Å². The number of anilines is 1. The maximum Gasteiger partial charge on any atom is 0.129 e. The molecule has 2 rings (SSSR count). The largest absolute Gasteiger partial charge is 0.313 e. The third-order valence-electron chi connectivity index (χ3n) is 1.49. The van der Waals surface area contributed by atoms with E-state index in [2.05, 4.69) is 15.2 Å². The number of nitrogens with zero attached hydrogens (tertiary/aromatic N) is 3. The molecule has 1 aromatic rings. The van der Waals surface area contributed by atoms with Crippen molar-refractivity contribution >= 4 is 12.0 Å². The van der Waals surface area contributed by atoms with Crippen LogP contribution < -0.4 is 4.90 Å². The normalized spacial score (nSPS) is 15.8. The van der Waals surface area contributed by atoms with Crippen LogP contribution in [0.5, 0.6) is 0 Å². The fourth-order valence-electron chi connectivity index (χ4n) is 0.950. The second-order valence-electron chi connectivity index (χ2n) is 2.23. The minimum Gasteiger partial charge on any atom is -0.313 e. The smallest absolute Gasteiger partial charge is 0.129 e. The molecule has 0 aromatic carbocycles. The van der Waals surface area contributed by atoms with Crippen LogP contribution in [0, 0.1) is 0 Å². The second kappa shape index (κ2) is 2.57. The van der Waals surface area contributed by atoms with Gasteiger partial charge in [-0.15, -0.1) is 0 Å². The van der Waals surface area contributed by atoms with Crippen LogP contribution in [0.1, 0.15) is 0 Å². The van der Waals surface area contributed by atoms with Crippen LogP contribution in [0.2, 0.25) is 0 Å². The van der Waals surface area contributed by atoms with Gasteiger partial charge in [0.05, 0.1) is 6.20 Å². The quantitative estimate of drug-likeness (QED) is 0.639. The summed E-state index contributed by atoms with van der Waals surface area (Å²) < 4.78 is 0. The molecular formula is C7H8N4. The Morgan fingerprint density at radius 1 is 1.55 bits per heavy atom. The van der Waals surface area contributed by atoms with Crippen LogP contribution >= 0.6 is 0 Å². The van der Waals surface area contributed by atoms with Crippen LogP contribution in [0.15, 0.2) is 29.5 Å². The molecule has 0 saturated carbocycles. The number of aromatic nitrogens is 2. The highest BCUT2D eigenvalue weighted by molar-refractivity contribution is 5.73. The van der Waals surface area contributed by atoms with Gasteiger partial charge >= 0.3 is 0 Å². The number of hydrogen-bond donors (Lipinski definition) is 1. The van der Waals surface area contributed by atoms with Crippen molar-refractivity contribution in [2.45, 2.75) is 0 Å². The van der Waals surface area contributed by atoms with Gasteiger partial charge in [-0.25, -0.2) is 0 Å². The van der Waals surface area contributed by atoms with E-state index in [4.69, 9.17) is 0 Å². The number of aliphatic imine (C=N–C) groups is 1. The molecule has 0 aliphatic carbocycles. The van der Waals surface area contributed by atoms with E-state index in [-0.39, 0.29) is 0 Å². The maximum atomic E-state index is 4.08. The van der Waals surface area contributed by atoms with Gasteiger partial charge in [-0.05, 0) is 6.08 Å². The maximum absolute atomic E-state index is 4.08. The highest BCUT2D eigenvalue weighted by Crippen LogP contribution is 2.09. The van der Waals surface area contributed by atoms with Crippen molar-refractivity contribution in [1.29, 1.82) is 0 Å². The minimum absolute atomic E-state index is 0.665. The fourth-order valence-corrected chi connectivity index (χ4v) is 0.950. The minimum atomic E-state index is 0.665. The van der Waals surface area contributed by atoms with E-state index in [9.17, 15) is 0 Å². The molecule has 0 radical (unpaired) electrons. The SMILES string of the molecule is C1=CN(c2ccn[nH]2)CN=C1. The molecule has 1 aliphatic heterocycles. The molecule has 0 amide bonds. The zero-order chi connectivity index (χ0) is 7.52. The summed E-state index contributed by atoms with van der Waals surface area (Å²) in [7, 11) is 0. The summed E-state index contributed by atoms with van der Waals surface area (Å²) in [6, 6.07) is 1.91. The molecule has 0 bridgehead atoms. The van der Waals surface area contributed by atoms with Crippen molar-refractivity contribution in [3.05, 3.63) is 24.5 Å². The highest BCUT2D eigenvalue weighted by atomic mass is 15.3. The first kappa shape index (κ1) is 6.15. The molecule has 1 N–H and O–H groups in total. The van der Waals surface area contributed by atoms with Crippen LogP contribution in [-0.4, -0.2) is 23.1 Å². The van der Waals surface area contributed by atoms with Crippen LogP contribution in [0.25, 0.3) is 0 Å². The summed E-state index contributed by atoms with van der Waals surface area (Å²) in [6.45, 7) is 0.665. The standard InChI is InChI=1S/C7H8N4/c1-3-8-6-11(5-1)7-2-4-9-10-7/h1-5H,6H2,(H,9,10). The number of hydrogen-bond acceptors (Lipinski definition) is 3. The average molecular weight is 148 g/mol. The van der Waals surface area contributed by atoms with Gasteiger partial charge in [-0.2, -0.15) is 5.10 Å². The second-order valence-corrected chi connectivity index (χ2v) is 2.23. The Morgan fingerprint density at radius 2 is 2.55 bits per heavy atom. The van der Waals surface area contributed by atoms with Crippen molar-refractivity contribution in [3.63, 3.8) is 0 Å². The first-order chi connectivity index (χ1) is 5.47. The van der Waals surface area contributed by atoms with E-state index in [1.807, 2.05) is 23.2 Å². The van der Waals surface area contributed by atoms with Crippen molar-refractivity contribution in [3.8, 4) is 0 Å². The van der Waals surface area contributed by atoms with Crippen molar-refractivity contribution in [2.24, 2.45) is 4.99 Å². The van der Waals surface area contributed by atoms with E-state index in [0.717, 1.165) is 5.82 Å². The predicted molar refractivity (Wildman–Crippen MR) is 43.6 cm³/mol. The first-order valence-corrected chi connectivity index (χ1v) is 3.39. The highest BCUT2D eigenvalue weighted by Gasteiger charge is 2.03. The first-order valence-electron chi connectivity index (χ1n) is 3.39. The van der Waals surface area contributed by atoms with Gasteiger partial charge in [0.25, 0.3) is 0 Å². The third-order valence-corrected chi connectivity index (χ3v) is 1.49. The number of H-pyrrole nitrogens is 1. The monoisotopic (exact) mass is 148 g/mol. The molecular weight excluding hydrogens is 140 g/mol. The zero-order valence-corrected chi connectivity index (χ0v) is 5.94. The van der Waals surface area contributed by atoms with E-state index in [1.54, 1.807) is 12.4 Å². The molecule has 56 valence electrons. The number of nitrogens with one attached hydrogen (secondary N) is 1. The predicted octanol–water partition coefficient (Wildman–Crippen LogP) is 0.772. The Kier molecular flexibility index (Phi) is 1.44. The molecule has 0 unspecified atom stereocenters. The van der Waals surface area contributed by atoms with Gasteiger partial charge in [-0.1, -0.05) is 0 Å². The Balaban J connectivity index is 2.19. The van der Waals surface area contributed by atoms with Gasteiger partial charge in [0.1, 0.15) is 12.5 Å². The molecule has 4 nitrogen and oxygen atoms in total. The van der Waals surface area contributed by atoms with E-state index < -0.39 is 0 Å². The molecule has 0 atom stereocenters. The lowest BCUT2D eigenvalue weighted by molar-refractivity contribution is 0.929. The summed E-state index contributed by atoms with van der Waals surface area (Å²) in [5.41, 5.74) is 0. The lowest BCUT2D eigenvalue weighted by Gasteiger charge is -2.16. The summed E-state index contributed by atoms with van der Waals surface area (Å²) >= 11 is 0. The van der Waals surface area contributed by atoms with Gasteiger partial charge in [0.15, 0.2) is 0 Å². The van der Waals surface area contributed by atoms with Crippen LogP contribution in [-0.2, 0) is 0 Å². The van der Waals surface area contributed by atoms with E-state index in [1.165, 1.54) is 0 Å². The Hall–Kier alpha value is -1.58. The molecule has 0 saturated heterocycles. The van der Waals surface area contributed by atoms with Crippen LogP contribution in [0.4, 0.5) is 5.82 Å². The fraction of sp³-hybridized carbons (Fsp3) is 0.143. The molecule has 1 aromatic heterocycles. The third kappa shape index (κ3) is 1.14. The van der Waals surface area contributed by atoms with E-state index in [0.29, 0.717) is 6.67 Å². The van der Waals surface area contributed by atoms with Gasteiger partial charge in [0, 0.05) is 18.5 Å². The average Bonchev–Trinajstić information content (AvgIpc) is 2.58. The molecule has 4 heteroatoms. The van der Waals surface area contributed by atoms with Crippen molar-refractivity contribution in [2.75, 3.05) is 11.6 Å². The van der Waals surface area contributed by atoms with Crippen molar-refractivity contribution < 1.29 is 0 Å². The van der Waals surface area contributed by atoms with Crippen molar-refractivity contribution in [1.82, 2.24) is 10.2 Å². The lowest BCUT2D eigenvalue weighted by Crippen LogP contribution is -2.18. The summed E-state index contributed by atoms with van der Waals surface area (Å²) in [5.74, 6) is 0.970. The lowest BCUT2D eigenvalue weighted by atomic mass is 10.5. The molecule has 1 aliphatic rings. The Labute approximate surface area is 64.2 Å². The van der Waals surface area contributed by atoms with Crippen LogP contribution in [0.3, 0.4) is 0 Å². The summed E-state index contributed by atoms with van der Waals surface area (Å²) in [6.07, 6.45) is 7.36. The van der Waals surface area contributed by atoms with Gasteiger partial charge < -0.3 is 4.90 Å². The Bertz CT molecular complexity index is 273. The van der Waals surface area contributed by atoms with E-state index >= 15 is 0 Å². The summed E-state index contributed by atoms with van der Waals surface area (Å²) in [5, 5.41) is 6.70. The number of allylic oxidation sites excluding steroid dienone is 1. The topological polar surface area (TPSA) is 44.3 Å². The molecule has 0 spiro atoms. The zero-order valence-electron chi connectivity index (χ0n) is 5.94. The number of aromatic amines is 1. The molecule has 2 heterocycles. The Morgan fingerprint density at radius 3 is 3.18 bits per heavy atom. The number of rotatable bonds is 1.